The molecule has 1 saturated carbocycles. The van der Waals surface area contributed by atoms with Crippen molar-refractivity contribution in [1.82, 2.24) is 10.2 Å². The van der Waals surface area contributed by atoms with Gasteiger partial charge in [0.2, 0.25) is 5.91 Å². The standard InChI is InChI=1S/C26H27F7N2O2/c1-35(2)21-12-20(34-24(21)36)19-7-8-22(23(19)15-3-5-18(27)6-4-15)37-13-14-9-16(25(28,29)30)11-17(10-14)26(31,32)33/h3-6,9-11,19-23H,7-8,12-13H2,1-2H3,(H,34,36)/t19-,20+,21-,22-,23-/m0/s1. The van der Waals surface area contributed by atoms with Crippen LogP contribution in [0.4, 0.5) is 30.7 Å². The van der Waals surface area contributed by atoms with Crippen molar-refractivity contribution in [3.8, 4) is 0 Å². The third-order valence-electron chi connectivity index (χ3n) is 7.26. The molecule has 0 aromatic heterocycles. The molecule has 1 aliphatic carbocycles. The summed E-state index contributed by atoms with van der Waals surface area (Å²) in [6.45, 7) is -0.459. The maximum atomic E-state index is 13.6. The first-order valence-electron chi connectivity index (χ1n) is 11.9. The number of carbonyl (C=O) groups excluding carboxylic acids is 1. The van der Waals surface area contributed by atoms with Gasteiger partial charge >= 0.3 is 12.4 Å². The van der Waals surface area contributed by atoms with Crippen LogP contribution in [-0.2, 0) is 28.5 Å². The summed E-state index contributed by atoms with van der Waals surface area (Å²) in [6.07, 6.45) is -8.80. The van der Waals surface area contributed by atoms with Gasteiger partial charge in [-0.15, -0.1) is 0 Å². The Morgan fingerprint density at radius 2 is 1.54 bits per heavy atom. The Kier molecular flexibility index (Phi) is 7.58. The normalized spacial score (nSPS) is 26.6. The highest BCUT2D eigenvalue weighted by molar-refractivity contribution is 5.84. The number of nitrogens with one attached hydrogen (secondary N) is 1. The van der Waals surface area contributed by atoms with Gasteiger partial charge in [0.25, 0.3) is 0 Å². The van der Waals surface area contributed by atoms with Gasteiger partial charge in [-0.05, 0) is 80.7 Å². The van der Waals surface area contributed by atoms with Crippen LogP contribution in [0.15, 0.2) is 42.5 Å². The molecule has 0 bridgehead atoms. The SMILES string of the molecule is CN(C)[C@H]1C[C@H]([C@@H]2CC[C@H](OCc3cc(C(F)(F)F)cc(C(F)(F)F)c3)[C@H]2c2ccc(F)cc2)NC1=O. The van der Waals surface area contributed by atoms with E-state index in [-0.39, 0.29) is 41.5 Å². The number of hydrogen-bond donors (Lipinski definition) is 1. The zero-order valence-corrected chi connectivity index (χ0v) is 20.2. The van der Waals surface area contributed by atoms with E-state index in [1.165, 1.54) is 12.1 Å². The molecule has 202 valence electrons. The quantitative estimate of drug-likeness (QED) is 0.481. The van der Waals surface area contributed by atoms with Crippen LogP contribution in [0.3, 0.4) is 0 Å². The Morgan fingerprint density at radius 3 is 2.05 bits per heavy atom. The summed E-state index contributed by atoms with van der Waals surface area (Å²) >= 11 is 0. The van der Waals surface area contributed by atoms with E-state index in [9.17, 15) is 35.5 Å². The van der Waals surface area contributed by atoms with Crippen molar-refractivity contribution in [1.29, 1.82) is 0 Å². The number of halogens is 7. The molecule has 0 spiro atoms. The molecule has 37 heavy (non-hydrogen) atoms. The smallest absolute Gasteiger partial charge is 0.373 e. The van der Waals surface area contributed by atoms with Gasteiger partial charge in [0.05, 0.1) is 29.9 Å². The number of hydrogen-bond acceptors (Lipinski definition) is 3. The van der Waals surface area contributed by atoms with Gasteiger partial charge < -0.3 is 10.1 Å². The van der Waals surface area contributed by atoms with E-state index < -0.39 is 42.0 Å². The van der Waals surface area contributed by atoms with Crippen LogP contribution in [0.25, 0.3) is 0 Å². The monoisotopic (exact) mass is 532 g/mol. The lowest BCUT2D eigenvalue weighted by Gasteiger charge is -2.30. The molecular formula is C26H27F7N2O2. The van der Waals surface area contributed by atoms with Gasteiger partial charge in [-0.1, -0.05) is 12.1 Å². The molecule has 5 atom stereocenters. The average Bonchev–Trinajstić information content (AvgIpc) is 3.40. The number of benzene rings is 2. The number of nitrogens with zero attached hydrogens (tertiary/aromatic N) is 1. The Morgan fingerprint density at radius 1 is 0.946 bits per heavy atom. The van der Waals surface area contributed by atoms with Gasteiger partial charge in [-0.2, -0.15) is 26.3 Å². The molecule has 1 aliphatic heterocycles. The second kappa shape index (κ2) is 10.2. The third-order valence-corrected chi connectivity index (χ3v) is 7.26. The number of rotatable bonds is 6. The van der Waals surface area contributed by atoms with E-state index in [1.54, 1.807) is 26.2 Å². The summed E-state index contributed by atoms with van der Waals surface area (Å²) < 4.78 is 99.1. The molecule has 0 unspecified atom stereocenters. The van der Waals surface area contributed by atoms with Crippen molar-refractivity contribution in [2.24, 2.45) is 5.92 Å². The number of amides is 1. The molecule has 2 aromatic carbocycles. The largest absolute Gasteiger partial charge is 0.416 e. The van der Waals surface area contributed by atoms with Crippen molar-refractivity contribution in [3.63, 3.8) is 0 Å². The van der Waals surface area contributed by atoms with Crippen LogP contribution in [0.1, 0.15) is 47.4 Å². The maximum absolute atomic E-state index is 13.6. The van der Waals surface area contributed by atoms with E-state index in [4.69, 9.17) is 4.74 Å². The fraction of sp³-hybridized carbons (Fsp3) is 0.500. The highest BCUT2D eigenvalue weighted by Gasteiger charge is 2.47. The molecule has 4 nitrogen and oxygen atoms in total. The lowest BCUT2D eigenvalue weighted by molar-refractivity contribution is -0.143. The lowest BCUT2D eigenvalue weighted by atomic mass is 9.82. The molecule has 1 amide bonds. The van der Waals surface area contributed by atoms with Crippen molar-refractivity contribution in [2.45, 2.75) is 62.3 Å². The summed E-state index contributed by atoms with van der Waals surface area (Å²) in [4.78, 5) is 14.3. The first-order chi connectivity index (χ1) is 17.2. The lowest BCUT2D eigenvalue weighted by Crippen LogP contribution is -2.37. The Labute approximate surface area is 209 Å². The van der Waals surface area contributed by atoms with Crippen LogP contribution in [0.2, 0.25) is 0 Å². The maximum Gasteiger partial charge on any atom is 0.416 e. The molecule has 0 radical (unpaired) electrons. The molecule has 1 N–H and O–H groups in total. The van der Waals surface area contributed by atoms with Gasteiger partial charge in [-0.25, -0.2) is 4.39 Å². The zero-order chi connectivity index (χ0) is 27.1. The molecule has 2 fully saturated rings. The van der Waals surface area contributed by atoms with E-state index in [0.29, 0.717) is 31.4 Å². The van der Waals surface area contributed by atoms with E-state index in [0.717, 1.165) is 5.56 Å². The van der Waals surface area contributed by atoms with Crippen molar-refractivity contribution >= 4 is 5.91 Å². The summed E-state index contributed by atoms with van der Waals surface area (Å²) in [5.41, 5.74) is -2.31. The predicted molar refractivity (Wildman–Crippen MR) is 121 cm³/mol. The first kappa shape index (κ1) is 27.4. The van der Waals surface area contributed by atoms with Crippen LogP contribution >= 0.6 is 0 Å². The summed E-state index contributed by atoms with van der Waals surface area (Å²) in [7, 11) is 3.60. The van der Waals surface area contributed by atoms with Crippen LogP contribution in [0.5, 0.6) is 0 Å². The Balaban J connectivity index is 1.59. The number of alkyl halides is 6. The Bertz CT molecular complexity index is 1080. The van der Waals surface area contributed by atoms with E-state index >= 15 is 0 Å². The summed E-state index contributed by atoms with van der Waals surface area (Å²) in [5.74, 6) is -0.988. The van der Waals surface area contributed by atoms with Gasteiger partial charge in [0, 0.05) is 12.0 Å². The van der Waals surface area contributed by atoms with Crippen molar-refractivity contribution in [2.75, 3.05) is 14.1 Å². The fourth-order valence-corrected chi connectivity index (χ4v) is 5.50. The second-order valence-electron chi connectivity index (χ2n) is 9.91. The van der Waals surface area contributed by atoms with Crippen LogP contribution < -0.4 is 5.32 Å². The van der Waals surface area contributed by atoms with Gasteiger partial charge in [-0.3, -0.25) is 9.69 Å². The minimum absolute atomic E-state index is 0.0837. The Hall–Kier alpha value is -2.66. The number of likely N-dealkylation sites (N-methyl/N-ethyl adjacent to an activating group) is 1. The highest BCUT2D eigenvalue weighted by atomic mass is 19.4. The zero-order valence-electron chi connectivity index (χ0n) is 20.2. The predicted octanol–water partition coefficient (Wildman–Crippen LogP) is 5.76. The minimum Gasteiger partial charge on any atom is -0.373 e. The fourth-order valence-electron chi connectivity index (χ4n) is 5.50. The van der Waals surface area contributed by atoms with Crippen molar-refractivity contribution < 1.29 is 40.3 Å². The molecule has 11 heteroatoms. The number of carbonyl (C=O) groups is 1. The van der Waals surface area contributed by atoms with Crippen molar-refractivity contribution in [3.05, 3.63) is 70.5 Å². The summed E-state index contributed by atoms with van der Waals surface area (Å²) in [5, 5.41) is 3.02. The third kappa shape index (κ3) is 6.09. The summed E-state index contributed by atoms with van der Waals surface area (Å²) in [6, 6.07) is 6.67. The molecule has 2 aromatic rings. The van der Waals surface area contributed by atoms with E-state index in [2.05, 4.69) is 5.32 Å². The van der Waals surface area contributed by atoms with Gasteiger partial charge in [0.15, 0.2) is 0 Å². The highest BCUT2D eigenvalue weighted by Crippen LogP contribution is 2.46. The van der Waals surface area contributed by atoms with Crippen LogP contribution in [-0.4, -0.2) is 43.1 Å². The van der Waals surface area contributed by atoms with Crippen LogP contribution in [0, 0.1) is 11.7 Å². The molecule has 1 saturated heterocycles. The average molecular weight is 533 g/mol. The molecule has 1 heterocycles. The molecular weight excluding hydrogens is 505 g/mol. The second-order valence-corrected chi connectivity index (χ2v) is 9.91. The number of ether oxygens (including phenoxy) is 1. The first-order valence-corrected chi connectivity index (χ1v) is 11.9. The van der Waals surface area contributed by atoms with E-state index in [1.807, 2.05) is 4.90 Å². The van der Waals surface area contributed by atoms with Gasteiger partial charge in [0.1, 0.15) is 5.82 Å². The minimum atomic E-state index is -4.95. The topological polar surface area (TPSA) is 41.6 Å². The molecule has 4 rings (SSSR count). The molecule has 2 aliphatic rings.